The number of nitrogens with zero attached hydrogens (tertiary/aromatic N) is 3. The van der Waals surface area contributed by atoms with Crippen LogP contribution in [0.5, 0.6) is 0 Å². The van der Waals surface area contributed by atoms with E-state index in [2.05, 4.69) is 22.2 Å². The predicted molar refractivity (Wildman–Crippen MR) is 77.7 cm³/mol. The number of anilines is 1. The fraction of sp³-hybridized carbons (Fsp3) is 0.786. The minimum atomic E-state index is 0.746. The van der Waals surface area contributed by atoms with Gasteiger partial charge in [-0.25, -0.2) is 4.98 Å². The minimum absolute atomic E-state index is 0.746. The maximum atomic E-state index is 4.91. The van der Waals surface area contributed by atoms with Crippen molar-refractivity contribution in [3.8, 4) is 0 Å². The summed E-state index contributed by atoms with van der Waals surface area (Å²) in [4.78, 5) is 9.76. The average molecular weight is 265 g/mol. The van der Waals surface area contributed by atoms with Crippen LogP contribution < -0.4 is 4.90 Å². The maximum absolute atomic E-state index is 4.91. The van der Waals surface area contributed by atoms with Gasteiger partial charge in [0.25, 0.3) is 0 Å². The largest absolute Gasteiger partial charge is 0.346 e. The van der Waals surface area contributed by atoms with E-state index in [-0.39, 0.29) is 0 Å². The Labute approximate surface area is 114 Å². The van der Waals surface area contributed by atoms with Crippen LogP contribution in [0.25, 0.3) is 0 Å². The van der Waals surface area contributed by atoms with Crippen LogP contribution in [0.4, 0.5) is 5.13 Å². The molecule has 0 amide bonds. The second kappa shape index (κ2) is 5.57. The molecule has 100 valence electrons. The molecule has 0 atom stereocenters. The van der Waals surface area contributed by atoms with Crippen molar-refractivity contribution in [3.63, 3.8) is 0 Å². The number of aromatic nitrogens is 1. The lowest BCUT2D eigenvalue weighted by Crippen LogP contribution is -2.44. The molecule has 0 aromatic carbocycles. The van der Waals surface area contributed by atoms with Gasteiger partial charge in [0.1, 0.15) is 0 Å². The lowest BCUT2D eigenvalue weighted by Gasteiger charge is -2.32. The number of hydrogen-bond donors (Lipinski definition) is 0. The topological polar surface area (TPSA) is 19.4 Å². The quantitative estimate of drug-likeness (QED) is 0.819. The molecule has 3 nitrogen and oxygen atoms in total. The van der Waals surface area contributed by atoms with Gasteiger partial charge in [0.2, 0.25) is 0 Å². The third kappa shape index (κ3) is 2.69. The van der Waals surface area contributed by atoms with Crippen LogP contribution in [0.3, 0.4) is 0 Å². The lowest BCUT2D eigenvalue weighted by molar-refractivity contribution is 0.312. The minimum Gasteiger partial charge on any atom is -0.346 e. The maximum Gasteiger partial charge on any atom is 0.185 e. The summed E-state index contributed by atoms with van der Waals surface area (Å²) in [6, 6.07) is 0. The Balaban J connectivity index is 1.65. The van der Waals surface area contributed by atoms with Crippen molar-refractivity contribution in [2.24, 2.45) is 0 Å². The van der Waals surface area contributed by atoms with E-state index in [1.54, 1.807) is 0 Å². The van der Waals surface area contributed by atoms with E-state index in [4.69, 9.17) is 4.98 Å². The molecule has 2 fully saturated rings. The van der Waals surface area contributed by atoms with E-state index < -0.39 is 0 Å². The summed E-state index contributed by atoms with van der Waals surface area (Å²) in [7, 11) is 2.20. The van der Waals surface area contributed by atoms with Gasteiger partial charge in [0, 0.05) is 37.5 Å². The standard InChI is InChI=1S/C14H23N3S/c1-16-7-9-17(10-8-16)14-15-13(11-18-14)12-5-3-2-4-6-12/h11-12H,2-10H2,1H3. The molecule has 1 aliphatic heterocycles. The van der Waals surface area contributed by atoms with Gasteiger partial charge in [0.15, 0.2) is 5.13 Å². The van der Waals surface area contributed by atoms with Gasteiger partial charge < -0.3 is 9.80 Å². The molecule has 1 saturated heterocycles. The summed E-state index contributed by atoms with van der Waals surface area (Å²) >= 11 is 1.85. The molecule has 2 heterocycles. The Kier molecular flexibility index (Phi) is 3.85. The third-order valence-electron chi connectivity index (χ3n) is 4.31. The van der Waals surface area contributed by atoms with Crippen LogP contribution in [-0.4, -0.2) is 43.1 Å². The highest BCUT2D eigenvalue weighted by molar-refractivity contribution is 7.13. The SMILES string of the molecule is CN1CCN(c2nc(C3CCCCC3)cs2)CC1. The second-order valence-corrected chi connectivity index (χ2v) is 6.52. The Morgan fingerprint density at radius 2 is 1.83 bits per heavy atom. The molecule has 1 aromatic heterocycles. The molecule has 1 aromatic rings. The van der Waals surface area contributed by atoms with Crippen molar-refractivity contribution in [3.05, 3.63) is 11.1 Å². The molecule has 18 heavy (non-hydrogen) atoms. The Morgan fingerprint density at radius 1 is 1.11 bits per heavy atom. The molecule has 0 bridgehead atoms. The lowest BCUT2D eigenvalue weighted by atomic mass is 9.87. The number of rotatable bonds is 2. The van der Waals surface area contributed by atoms with E-state index in [1.165, 1.54) is 56.0 Å². The fourth-order valence-electron chi connectivity index (χ4n) is 3.01. The zero-order valence-corrected chi connectivity index (χ0v) is 12.1. The van der Waals surface area contributed by atoms with Crippen molar-refractivity contribution in [2.75, 3.05) is 38.1 Å². The molecule has 3 rings (SSSR count). The van der Waals surface area contributed by atoms with Gasteiger partial charge >= 0.3 is 0 Å². The molecule has 0 radical (unpaired) electrons. The first-order chi connectivity index (χ1) is 8.83. The Bertz CT molecular complexity index is 376. The molecule has 1 aliphatic carbocycles. The predicted octanol–water partition coefficient (Wildman–Crippen LogP) is 2.94. The summed E-state index contributed by atoms with van der Waals surface area (Å²) in [5.74, 6) is 0.746. The van der Waals surface area contributed by atoms with Gasteiger partial charge in [-0.15, -0.1) is 11.3 Å². The molecule has 2 aliphatic rings. The van der Waals surface area contributed by atoms with Gasteiger partial charge in [-0.1, -0.05) is 19.3 Å². The second-order valence-electron chi connectivity index (χ2n) is 5.68. The van der Waals surface area contributed by atoms with Crippen LogP contribution in [-0.2, 0) is 0 Å². The summed E-state index contributed by atoms with van der Waals surface area (Å²) in [6.07, 6.45) is 6.92. The van der Waals surface area contributed by atoms with Crippen LogP contribution in [0.15, 0.2) is 5.38 Å². The number of hydrogen-bond acceptors (Lipinski definition) is 4. The van der Waals surface area contributed by atoms with E-state index >= 15 is 0 Å². The van der Waals surface area contributed by atoms with E-state index in [9.17, 15) is 0 Å². The monoisotopic (exact) mass is 265 g/mol. The van der Waals surface area contributed by atoms with Gasteiger partial charge in [0.05, 0.1) is 5.69 Å². The smallest absolute Gasteiger partial charge is 0.185 e. The average Bonchev–Trinajstić information content (AvgIpc) is 2.90. The molecule has 0 N–H and O–H groups in total. The normalized spacial score (nSPS) is 23.5. The first-order valence-corrected chi connectivity index (χ1v) is 8.10. The summed E-state index contributed by atoms with van der Waals surface area (Å²) in [6.45, 7) is 4.60. The zero-order valence-electron chi connectivity index (χ0n) is 11.3. The van der Waals surface area contributed by atoms with E-state index in [0.29, 0.717) is 0 Å². The molecule has 4 heteroatoms. The summed E-state index contributed by atoms with van der Waals surface area (Å²) in [5, 5.41) is 3.56. The summed E-state index contributed by atoms with van der Waals surface area (Å²) < 4.78 is 0. The van der Waals surface area contributed by atoms with Crippen LogP contribution in [0.2, 0.25) is 0 Å². The first kappa shape index (κ1) is 12.4. The number of thiazole rings is 1. The number of likely N-dealkylation sites (N-methyl/N-ethyl adjacent to an activating group) is 1. The molecule has 0 spiro atoms. The van der Waals surface area contributed by atoms with E-state index in [0.717, 1.165) is 19.0 Å². The summed E-state index contributed by atoms with van der Waals surface area (Å²) in [5.41, 5.74) is 1.37. The first-order valence-electron chi connectivity index (χ1n) is 7.22. The molecular weight excluding hydrogens is 242 g/mol. The van der Waals surface area contributed by atoms with Crippen molar-refractivity contribution in [1.82, 2.24) is 9.88 Å². The van der Waals surface area contributed by atoms with E-state index in [1.807, 2.05) is 11.3 Å². The van der Waals surface area contributed by atoms with Crippen molar-refractivity contribution in [1.29, 1.82) is 0 Å². The molecule has 0 unspecified atom stereocenters. The van der Waals surface area contributed by atoms with Crippen molar-refractivity contribution in [2.45, 2.75) is 38.0 Å². The van der Waals surface area contributed by atoms with Crippen molar-refractivity contribution >= 4 is 16.5 Å². The zero-order chi connectivity index (χ0) is 12.4. The highest BCUT2D eigenvalue weighted by Gasteiger charge is 2.21. The van der Waals surface area contributed by atoms with Crippen molar-refractivity contribution < 1.29 is 0 Å². The van der Waals surface area contributed by atoms with Crippen LogP contribution >= 0.6 is 11.3 Å². The Morgan fingerprint density at radius 3 is 2.56 bits per heavy atom. The van der Waals surface area contributed by atoms with Gasteiger partial charge in [-0.2, -0.15) is 0 Å². The fourth-order valence-corrected chi connectivity index (χ4v) is 3.97. The van der Waals surface area contributed by atoms with Gasteiger partial charge in [-0.3, -0.25) is 0 Å². The third-order valence-corrected chi connectivity index (χ3v) is 5.23. The van der Waals surface area contributed by atoms with Crippen LogP contribution in [0, 0.1) is 0 Å². The molecular formula is C14H23N3S. The Hall–Kier alpha value is -0.610. The highest BCUT2D eigenvalue weighted by Crippen LogP contribution is 2.35. The van der Waals surface area contributed by atoms with Gasteiger partial charge in [-0.05, 0) is 19.9 Å². The van der Waals surface area contributed by atoms with Crippen LogP contribution in [0.1, 0.15) is 43.7 Å². The molecule has 1 saturated carbocycles. The highest BCUT2D eigenvalue weighted by atomic mass is 32.1. The number of piperazine rings is 1.